The fraction of sp³-hybridized carbons (Fsp3) is 0.176. The van der Waals surface area contributed by atoms with E-state index in [4.69, 9.17) is 4.74 Å². The van der Waals surface area contributed by atoms with Crippen LogP contribution >= 0.6 is 0 Å². The molecule has 1 aromatic heterocycles. The van der Waals surface area contributed by atoms with Gasteiger partial charge in [-0.25, -0.2) is 0 Å². The first-order chi connectivity index (χ1) is 9.22. The van der Waals surface area contributed by atoms with Crippen molar-refractivity contribution < 1.29 is 4.74 Å². The summed E-state index contributed by atoms with van der Waals surface area (Å²) in [4.78, 5) is 3.36. The molecule has 0 saturated heterocycles. The Morgan fingerprint density at radius 1 is 1.05 bits per heavy atom. The zero-order valence-electron chi connectivity index (χ0n) is 11.4. The van der Waals surface area contributed by atoms with Gasteiger partial charge in [0.2, 0.25) is 0 Å². The number of aromatic nitrogens is 1. The summed E-state index contributed by atoms with van der Waals surface area (Å²) in [5, 5.41) is 1.24. The molecule has 0 amide bonds. The van der Waals surface area contributed by atoms with Gasteiger partial charge in [0.25, 0.3) is 0 Å². The van der Waals surface area contributed by atoms with Crippen LogP contribution in [-0.2, 0) is 0 Å². The lowest BCUT2D eigenvalue weighted by Gasteiger charge is -2.11. The summed E-state index contributed by atoms with van der Waals surface area (Å²) in [5.41, 5.74) is 5.97. The van der Waals surface area contributed by atoms with Gasteiger partial charge in [0.05, 0.1) is 7.11 Å². The predicted molar refractivity (Wildman–Crippen MR) is 79.8 cm³/mol. The highest BCUT2D eigenvalue weighted by atomic mass is 16.5. The van der Waals surface area contributed by atoms with Gasteiger partial charge >= 0.3 is 0 Å². The lowest BCUT2D eigenvalue weighted by Crippen LogP contribution is -1.92. The van der Waals surface area contributed by atoms with E-state index >= 15 is 0 Å². The highest BCUT2D eigenvalue weighted by Gasteiger charge is 2.13. The molecular formula is C17H17NO. The maximum absolute atomic E-state index is 5.53. The number of hydrogen-bond donors (Lipinski definition) is 1. The van der Waals surface area contributed by atoms with Crippen molar-refractivity contribution in [3.8, 4) is 16.9 Å². The Morgan fingerprint density at radius 2 is 1.79 bits per heavy atom. The van der Waals surface area contributed by atoms with Crippen molar-refractivity contribution >= 4 is 10.9 Å². The average Bonchev–Trinajstić information content (AvgIpc) is 2.84. The number of nitrogens with one attached hydrogen (secondary N) is 1. The third-order valence-corrected chi connectivity index (χ3v) is 3.63. The first kappa shape index (κ1) is 11.8. The maximum atomic E-state index is 5.53. The summed E-state index contributed by atoms with van der Waals surface area (Å²) < 4.78 is 5.53. The van der Waals surface area contributed by atoms with E-state index in [0.717, 1.165) is 16.8 Å². The van der Waals surface area contributed by atoms with E-state index in [-0.39, 0.29) is 0 Å². The van der Waals surface area contributed by atoms with Crippen LogP contribution in [0, 0.1) is 13.8 Å². The van der Waals surface area contributed by atoms with Crippen molar-refractivity contribution in [2.75, 3.05) is 7.11 Å². The molecule has 2 aromatic carbocycles. The molecule has 19 heavy (non-hydrogen) atoms. The number of hydrogen-bond acceptors (Lipinski definition) is 1. The van der Waals surface area contributed by atoms with Crippen LogP contribution in [0.15, 0.2) is 42.6 Å². The van der Waals surface area contributed by atoms with Gasteiger partial charge in [0, 0.05) is 28.2 Å². The average molecular weight is 251 g/mol. The Hall–Kier alpha value is -2.22. The number of H-pyrrole nitrogens is 1. The second-order valence-electron chi connectivity index (χ2n) is 4.84. The van der Waals surface area contributed by atoms with Crippen LogP contribution in [-0.4, -0.2) is 12.1 Å². The number of benzene rings is 2. The molecule has 0 spiro atoms. The van der Waals surface area contributed by atoms with Gasteiger partial charge < -0.3 is 9.72 Å². The molecule has 0 aliphatic heterocycles. The summed E-state index contributed by atoms with van der Waals surface area (Å²) in [6, 6.07) is 12.6. The first-order valence-electron chi connectivity index (χ1n) is 6.43. The number of fused-ring (bicyclic) bond motifs is 1. The topological polar surface area (TPSA) is 25.0 Å². The van der Waals surface area contributed by atoms with Gasteiger partial charge in [-0.1, -0.05) is 30.3 Å². The van der Waals surface area contributed by atoms with Crippen LogP contribution in [0.4, 0.5) is 0 Å². The normalized spacial score (nSPS) is 10.9. The highest BCUT2D eigenvalue weighted by Crippen LogP contribution is 2.37. The second-order valence-corrected chi connectivity index (χ2v) is 4.84. The molecule has 0 unspecified atom stereocenters. The smallest absolute Gasteiger partial charge is 0.125 e. The van der Waals surface area contributed by atoms with E-state index in [2.05, 4.69) is 55.4 Å². The van der Waals surface area contributed by atoms with Gasteiger partial charge in [-0.05, 0) is 31.0 Å². The number of ether oxygens (including phenoxy) is 1. The molecule has 1 N–H and O–H groups in total. The monoisotopic (exact) mass is 251 g/mol. The molecule has 1 heterocycles. The van der Waals surface area contributed by atoms with Crippen molar-refractivity contribution in [2.24, 2.45) is 0 Å². The van der Waals surface area contributed by atoms with Crippen LogP contribution < -0.4 is 4.74 Å². The lowest BCUT2D eigenvalue weighted by atomic mass is 9.99. The van der Waals surface area contributed by atoms with Crippen molar-refractivity contribution in [1.82, 2.24) is 4.98 Å². The number of aromatic amines is 1. The SMILES string of the molecule is COc1c(C)cc2[nH]cc(-c3ccccc3)c2c1C. The molecule has 0 bridgehead atoms. The van der Waals surface area contributed by atoms with Crippen LogP contribution in [0.2, 0.25) is 0 Å². The first-order valence-corrected chi connectivity index (χ1v) is 6.43. The van der Waals surface area contributed by atoms with Crippen molar-refractivity contribution in [1.29, 1.82) is 0 Å². The molecule has 2 heteroatoms. The minimum atomic E-state index is 0.976. The Bertz CT molecular complexity index is 726. The van der Waals surface area contributed by atoms with E-state index in [1.807, 2.05) is 6.07 Å². The van der Waals surface area contributed by atoms with E-state index in [1.54, 1.807) is 7.11 Å². The number of methoxy groups -OCH3 is 1. The van der Waals surface area contributed by atoms with Gasteiger partial charge in [-0.3, -0.25) is 0 Å². The van der Waals surface area contributed by atoms with Gasteiger partial charge in [-0.2, -0.15) is 0 Å². The van der Waals surface area contributed by atoms with Crippen LogP contribution in [0.5, 0.6) is 5.75 Å². The Morgan fingerprint density at radius 3 is 2.47 bits per heavy atom. The third kappa shape index (κ3) is 1.80. The van der Waals surface area contributed by atoms with Crippen LogP contribution in [0.3, 0.4) is 0 Å². The highest BCUT2D eigenvalue weighted by molar-refractivity contribution is 5.99. The van der Waals surface area contributed by atoms with Crippen molar-refractivity contribution in [3.05, 3.63) is 53.7 Å². The Kier molecular flexibility index (Phi) is 2.79. The maximum Gasteiger partial charge on any atom is 0.125 e. The van der Waals surface area contributed by atoms with E-state index in [9.17, 15) is 0 Å². The Balaban J connectivity index is 2.34. The fourth-order valence-corrected chi connectivity index (χ4v) is 2.81. The molecule has 0 radical (unpaired) electrons. The summed E-state index contributed by atoms with van der Waals surface area (Å²) in [7, 11) is 1.73. The summed E-state index contributed by atoms with van der Waals surface area (Å²) in [5.74, 6) is 0.976. The van der Waals surface area contributed by atoms with Gasteiger partial charge in [0.15, 0.2) is 0 Å². The summed E-state index contributed by atoms with van der Waals surface area (Å²) >= 11 is 0. The number of rotatable bonds is 2. The van der Waals surface area contributed by atoms with Crippen LogP contribution in [0.1, 0.15) is 11.1 Å². The molecule has 0 atom stereocenters. The largest absolute Gasteiger partial charge is 0.496 e. The zero-order valence-corrected chi connectivity index (χ0v) is 11.4. The van der Waals surface area contributed by atoms with E-state index < -0.39 is 0 Å². The number of aryl methyl sites for hydroxylation is 2. The van der Waals surface area contributed by atoms with Crippen LogP contribution in [0.25, 0.3) is 22.0 Å². The summed E-state index contributed by atoms with van der Waals surface area (Å²) in [6.07, 6.45) is 2.08. The molecule has 3 aromatic rings. The quantitative estimate of drug-likeness (QED) is 0.714. The Labute approximate surface area is 113 Å². The standard InChI is InChI=1S/C17H17NO/c1-11-9-15-16(12(2)17(11)19-3)14(10-18-15)13-7-5-4-6-8-13/h4-10,18H,1-3H3. The predicted octanol–water partition coefficient (Wildman–Crippen LogP) is 4.46. The zero-order chi connectivity index (χ0) is 13.4. The van der Waals surface area contributed by atoms with Crippen molar-refractivity contribution in [3.63, 3.8) is 0 Å². The summed E-state index contributed by atoms with van der Waals surface area (Å²) in [6.45, 7) is 4.20. The molecule has 0 aliphatic rings. The molecule has 2 nitrogen and oxygen atoms in total. The minimum Gasteiger partial charge on any atom is -0.496 e. The molecule has 96 valence electrons. The van der Waals surface area contributed by atoms with E-state index in [0.29, 0.717) is 0 Å². The third-order valence-electron chi connectivity index (χ3n) is 3.63. The van der Waals surface area contributed by atoms with E-state index in [1.165, 1.54) is 22.1 Å². The van der Waals surface area contributed by atoms with Gasteiger partial charge in [0.1, 0.15) is 5.75 Å². The van der Waals surface area contributed by atoms with Crippen molar-refractivity contribution in [2.45, 2.75) is 13.8 Å². The fourth-order valence-electron chi connectivity index (χ4n) is 2.81. The molecular weight excluding hydrogens is 234 g/mol. The molecule has 0 saturated carbocycles. The lowest BCUT2D eigenvalue weighted by molar-refractivity contribution is 0.409. The molecule has 0 fully saturated rings. The minimum absolute atomic E-state index is 0.976. The van der Waals surface area contributed by atoms with Gasteiger partial charge in [-0.15, -0.1) is 0 Å². The second kappa shape index (κ2) is 4.47. The molecule has 0 aliphatic carbocycles. The molecule has 3 rings (SSSR count).